The topological polar surface area (TPSA) is 76.1 Å². The van der Waals surface area contributed by atoms with E-state index in [-0.39, 0.29) is 13.2 Å². The smallest absolute Gasteiger partial charge is 0.410 e. The van der Waals surface area contributed by atoms with Gasteiger partial charge in [-0.05, 0) is 12.8 Å². The van der Waals surface area contributed by atoms with Crippen LogP contribution >= 0.6 is 0 Å². The monoisotopic (exact) mass is 255 g/mol. The molecule has 0 aromatic heterocycles. The Labute approximate surface area is 105 Å². The summed E-state index contributed by atoms with van der Waals surface area (Å²) in [4.78, 5) is 24.6. The molecule has 1 N–H and O–H groups in total. The predicted molar refractivity (Wildman–Crippen MR) is 62.2 cm³/mol. The largest absolute Gasteiger partial charge is 0.481 e. The van der Waals surface area contributed by atoms with Gasteiger partial charge in [0.25, 0.3) is 0 Å². The Morgan fingerprint density at radius 2 is 2.17 bits per heavy atom. The number of carbonyl (C=O) groups excluding carboxylic acids is 1. The van der Waals surface area contributed by atoms with Crippen molar-refractivity contribution in [2.45, 2.75) is 18.4 Å². The van der Waals surface area contributed by atoms with Gasteiger partial charge in [-0.2, -0.15) is 0 Å². The van der Waals surface area contributed by atoms with Gasteiger partial charge in [0.15, 0.2) is 0 Å². The van der Waals surface area contributed by atoms with Crippen molar-refractivity contribution in [1.82, 2.24) is 4.90 Å². The normalized spacial score (nSPS) is 25.3. The van der Waals surface area contributed by atoms with Crippen molar-refractivity contribution >= 4 is 12.1 Å². The molecule has 2 aliphatic rings. The molecule has 1 spiro atoms. The van der Waals surface area contributed by atoms with Crippen LogP contribution in [0.5, 0.6) is 0 Å². The van der Waals surface area contributed by atoms with Gasteiger partial charge in [0.2, 0.25) is 0 Å². The van der Waals surface area contributed by atoms with E-state index in [2.05, 4.69) is 6.58 Å². The summed E-state index contributed by atoms with van der Waals surface area (Å²) >= 11 is 0. The van der Waals surface area contributed by atoms with Gasteiger partial charge in [0.05, 0.1) is 11.5 Å². The molecule has 0 aliphatic carbocycles. The molecule has 2 saturated heterocycles. The molecular formula is C12H17NO5. The van der Waals surface area contributed by atoms with Gasteiger partial charge in [-0.15, -0.1) is 0 Å². The van der Waals surface area contributed by atoms with Crippen LogP contribution in [0.4, 0.5) is 4.79 Å². The summed E-state index contributed by atoms with van der Waals surface area (Å²) in [7, 11) is 0. The van der Waals surface area contributed by atoms with Gasteiger partial charge in [0.1, 0.15) is 6.61 Å². The second-order valence-corrected chi connectivity index (χ2v) is 4.58. The lowest BCUT2D eigenvalue weighted by molar-refractivity contribution is -0.171. The van der Waals surface area contributed by atoms with Crippen LogP contribution in [-0.2, 0) is 14.3 Å². The number of carbonyl (C=O) groups is 2. The zero-order valence-corrected chi connectivity index (χ0v) is 10.1. The molecule has 1 amide bonds. The summed E-state index contributed by atoms with van der Waals surface area (Å²) in [5, 5.41) is 9.19. The zero-order chi connectivity index (χ0) is 13.2. The maximum atomic E-state index is 11.8. The number of carboxylic acid groups (broad SMARTS) is 1. The van der Waals surface area contributed by atoms with E-state index in [1.165, 1.54) is 11.0 Å². The van der Waals surface area contributed by atoms with Crippen molar-refractivity contribution in [2.24, 2.45) is 5.92 Å². The van der Waals surface area contributed by atoms with Gasteiger partial charge >= 0.3 is 12.1 Å². The Kier molecular flexibility index (Phi) is 3.56. The summed E-state index contributed by atoms with van der Waals surface area (Å²) in [5.74, 6) is -1.37. The van der Waals surface area contributed by atoms with Gasteiger partial charge in [-0.1, -0.05) is 12.7 Å². The SMILES string of the molecule is C=CCOC(=O)N1CC(C(=O)O)C12CCOCC2. The van der Waals surface area contributed by atoms with E-state index in [1.54, 1.807) is 0 Å². The molecular weight excluding hydrogens is 238 g/mol. The summed E-state index contributed by atoms with van der Waals surface area (Å²) < 4.78 is 10.2. The number of likely N-dealkylation sites (tertiary alicyclic amines) is 1. The number of ether oxygens (including phenoxy) is 2. The first-order valence-electron chi connectivity index (χ1n) is 5.97. The molecule has 0 radical (unpaired) electrons. The van der Waals surface area contributed by atoms with Crippen LogP contribution in [-0.4, -0.2) is 54.0 Å². The van der Waals surface area contributed by atoms with Crippen LogP contribution < -0.4 is 0 Å². The fraction of sp³-hybridized carbons (Fsp3) is 0.667. The summed E-state index contributed by atoms with van der Waals surface area (Å²) in [6.07, 6.45) is 2.12. The molecule has 2 aliphatic heterocycles. The molecule has 0 aromatic carbocycles. The Hall–Kier alpha value is -1.56. The average molecular weight is 255 g/mol. The highest BCUT2D eigenvalue weighted by atomic mass is 16.6. The fourth-order valence-electron chi connectivity index (χ4n) is 2.73. The molecule has 0 bridgehead atoms. The third kappa shape index (κ3) is 1.96. The van der Waals surface area contributed by atoms with Crippen molar-refractivity contribution in [3.05, 3.63) is 12.7 Å². The molecule has 100 valence electrons. The number of rotatable bonds is 3. The molecule has 1 unspecified atom stereocenters. The number of hydrogen-bond acceptors (Lipinski definition) is 4. The Morgan fingerprint density at radius 1 is 1.50 bits per heavy atom. The van der Waals surface area contributed by atoms with Crippen LogP contribution in [0, 0.1) is 5.92 Å². The number of amides is 1. The van der Waals surface area contributed by atoms with E-state index in [4.69, 9.17) is 9.47 Å². The predicted octanol–water partition coefficient (Wildman–Crippen LogP) is 0.875. The molecule has 0 saturated carbocycles. The third-order valence-corrected chi connectivity index (χ3v) is 3.75. The second kappa shape index (κ2) is 4.97. The first-order chi connectivity index (χ1) is 8.62. The second-order valence-electron chi connectivity index (χ2n) is 4.58. The van der Waals surface area contributed by atoms with E-state index in [1.807, 2.05) is 0 Å². The summed E-state index contributed by atoms with van der Waals surface area (Å²) in [6, 6.07) is 0. The minimum atomic E-state index is -0.857. The molecule has 1 atom stereocenters. The van der Waals surface area contributed by atoms with Crippen molar-refractivity contribution in [1.29, 1.82) is 0 Å². The Morgan fingerprint density at radius 3 is 2.72 bits per heavy atom. The van der Waals surface area contributed by atoms with Crippen LogP contribution in [0.15, 0.2) is 12.7 Å². The highest BCUT2D eigenvalue weighted by Crippen LogP contribution is 2.44. The zero-order valence-electron chi connectivity index (χ0n) is 10.1. The molecule has 0 aromatic rings. The maximum Gasteiger partial charge on any atom is 0.410 e. The minimum absolute atomic E-state index is 0.139. The molecule has 18 heavy (non-hydrogen) atoms. The van der Waals surface area contributed by atoms with Crippen LogP contribution in [0.1, 0.15) is 12.8 Å². The highest BCUT2D eigenvalue weighted by Gasteiger charge is 2.59. The highest BCUT2D eigenvalue weighted by molar-refractivity contribution is 5.79. The lowest BCUT2D eigenvalue weighted by atomic mass is 9.69. The lowest BCUT2D eigenvalue weighted by Gasteiger charge is -2.57. The number of carboxylic acids is 1. The quantitative estimate of drug-likeness (QED) is 0.757. The van der Waals surface area contributed by atoms with E-state index < -0.39 is 23.5 Å². The number of hydrogen-bond donors (Lipinski definition) is 1. The lowest BCUT2D eigenvalue weighted by Crippen LogP contribution is -2.72. The van der Waals surface area contributed by atoms with Crippen LogP contribution in [0.25, 0.3) is 0 Å². The van der Waals surface area contributed by atoms with Gasteiger partial charge < -0.3 is 19.5 Å². The molecule has 2 rings (SSSR count). The molecule has 2 fully saturated rings. The van der Waals surface area contributed by atoms with E-state index in [9.17, 15) is 14.7 Å². The van der Waals surface area contributed by atoms with Gasteiger partial charge in [-0.3, -0.25) is 4.79 Å². The van der Waals surface area contributed by atoms with Crippen molar-refractivity contribution in [3.8, 4) is 0 Å². The average Bonchev–Trinajstić information content (AvgIpc) is 2.35. The molecule has 6 nitrogen and oxygen atoms in total. The van der Waals surface area contributed by atoms with Crippen molar-refractivity contribution < 1.29 is 24.2 Å². The van der Waals surface area contributed by atoms with Crippen LogP contribution in [0.2, 0.25) is 0 Å². The van der Waals surface area contributed by atoms with Crippen molar-refractivity contribution in [2.75, 3.05) is 26.4 Å². The van der Waals surface area contributed by atoms with Crippen molar-refractivity contribution in [3.63, 3.8) is 0 Å². The maximum absolute atomic E-state index is 11.8. The Balaban J connectivity index is 2.09. The Bertz CT molecular complexity index is 361. The fourth-order valence-corrected chi connectivity index (χ4v) is 2.73. The van der Waals surface area contributed by atoms with E-state index in [0.717, 1.165) is 0 Å². The van der Waals surface area contributed by atoms with E-state index >= 15 is 0 Å². The van der Waals surface area contributed by atoms with Gasteiger partial charge in [-0.25, -0.2) is 4.79 Å². The number of nitrogens with zero attached hydrogens (tertiary/aromatic N) is 1. The molecule has 2 heterocycles. The first kappa shape index (κ1) is 12.9. The number of aliphatic carboxylic acids is 1. The third-order valence-electron chi connectivity index (χ3n) is 3.75. The van der Waals surface area contributed by atoms with Gasteiger partial charge in [0, 0.05) is 19.8 Å². The van der Waals surface area contributed by atoms with E-state index in [0.29, 0.717) is 26.1 Å². The van der Waals surface area contributed by atoms with Crippen LogP contribution in [0.3, 0.4) is 0 Å². The summed E-state index contributed by atoms with van der Waals surface area (Å²) in [6.45, 7) is 4.79. The minimum Gasteiger partial charge on any atom is -0.481 e. The molecule has 6 heteroatoms. The first-order valence-corrected chi connectivity index (χ1v) is 5.97. The standard InChI is InChI=1S/C12H17NO5/c1-2-5-18-11(16)13-8-9(10(14)15)12(13)3-6-17-7-4-12/h2,9H,1,3-8H2,(H,14,15). The summed E-state index contributed by atoms with van der Waals surface area (Å²) in [5.41, 5.74) is -0.623.